The molecule has 9 heavy (non-hydrogen) atoms. The molecule has 0 bridgehead atoms. The van der Waals surface area contributed by atoms with Crippen LogP contribution in [0.5, 0.6) is 0 Å². The van der Waals surface area contributed by atoms with Crippen LogP contribution in [-0.2, 0) is 11.2 Å². The number of hydrogen-bond donors (Lipinski definition) is 1. The Morgan fingerprint density at radius 2 is 2.33 bits per heavy atom. The Hall–Kier alpha value is 0.270. The lowest BCUT2D eigenvalue weighted by molar-refractivity contribution is 0.512. The molecule has 3 atom stereocenters. The molecular weight excluding hydrogens is 134 g/mol. The lowest BCUT2D eigenvalue weighted by Crippen LogP contribution is -2.38. The monoisotopic (exact) mass is 147 g/mol. The quantitative estimate of drug-likeness (QED) is 0.499. The molecule has 0 saturated carbocycles. The maximum Gasteiger partial charge on any atom is 0.114 e. The summed E-state index contributed by atoms with van der Waals surface area (Å²) < 4.78 is 11.0. The molecule has 0 spiro atoms. The summed E-state index contributed by atoms with van der Waals surface area (Å²) >= 11 is -0.586. The van der Waals surface area contributed by atoms with Crippen molar-refractivity contribution in [3.05, 3.63) is 0 Å². The van der Waals surface area contributed by atoms with Crippen molar-refractivity contribution in [2.75, 3.05) is 5.75 Å². The van der Waals surface area contributed by atoms with Crippen molar-refractivity contribution in [2.24, 2.45) is 5.73 Å². The first-order valence-electron chi connectivity index (χ1n) is 3.33. The SMILES string of the molecule is CC1CC(N)CC[S+]1[O-]. The molecular formula is C6H13NOS. The van der Waals surface area contributed by atoms with Crippen LogP contribution < -0.4 is 5.73 Å². The Balaban J connectivity index is 2.35. The van der Waals surface area contributed by atoms with Gasteiger partial charge in [0.25, 0.3) is 0 Å². The van der Waals surface area contributed by atoms with Crippen molar-refractivity contribution in [1.29, 1.82) is 0 Å². The standard InChI is InChI=1S/C6H13NOS/c1-5-4-6(7)2-3-9(5)8/h5-6H,2-4,7H2,1H3. The molecule has 2 N–H and O–H groups in total. The summed E-state index contributed by atoms with van der Waals surface area (Å²) in [7, 11) is 0. The fourth-order valence-corrected chi connectivity index (χ4v) is 2.52. The topological polar surface area (TPSA) is 49.1 Å². The Morgan fingerprint density at radius 1 is 1.67 bits per heavy atom. The molecule has 1 heterocycles. The van der Waals surface area contributed by atoms with E-state index in [2.05, 4.69) is 0 Å². The van der Waals surface area contributed by atoms with E-state index in [4.69, 9.17) is 5.73 Å². The zero-order chi connectivity index (χ0) is 6.85. The van der Waals surface area contributed by atoms with Gasteiger partial charge in [-0.25, -0.2) is 0 Å². The summed E-state index contributed by atoms with van der Waals surface area (Å²) in [6.45, 7) is 2.01. The zero-order valence-electron chi connectivity index (χ0n) is 5.67. The van der Waals surface area contributed by atoms with E-state index in [-0.39, 0.29) is 0 Å². The molecule has 0 aromatic rings. The van der Waals surface area contributed by atoms with E-state index in [1.165, 1.54) is 0 Å². The zero-order valence-corrected chi connectivity index (χ0v) is 6.49. The molecule has 1 fully saturated rings. The van der Waals surface area contributed by atoms with Gasteiger partial charge in [0.15, 0.2) is 0 Å². The maximum atomic E-state index is 11.0. The summed E-state index contributed by atoms with van der Waals surface area (Å²) in [5.74, 6) is 0.808. The van der Waals surface area contributed by atoms with Gasteiger partial charge in [-0.05, 0) is 6.92 Å². The highest BCUT2D eigenvalue weighted by atomic mass is 32.2. The summed E-state index contributed by atoms with van der Waals surface area (Å²) in [4.78, 5) is 0. The van der Waals surface area contributed by atoms with Gasteiger partial charge in [-0.2, -0.15) is 0 Å². The van der Waals surface area contributed by atoms with Gasteiger partial charge in [0.05, 0.1) is 0 Å². The van der Waals surface area contributed by atoms with Crippen LogP contribution in [-0.4, -0.2) is 21.6 Å². The van der Waals surface area contributed by atoms with Gasteiger partial charge in [0.2, 0.25) is 0 Å². The Bertz CT molecular complexity index is 99.1. The van der Waals surface area contributed by atoms with Crippen molar-refractivity contribution in [3.63, 3.8) is 0 Å². The van der Waals surface area contributed by atoms with Gasteiger partial charge >= 0.3 is 0 Å². The summed E-state index contributed by atoms with van der Waals surface area (Å²) in [6, 6.07) is 0.303. The Kier molecular flexibility index (Phi) is 2.38. The minimum Gasteiger partial charge on any atom is -0.616 e. The first-order valence-corrected chi connectivity index (χ1v) is 4.71. The third kappa shape index (κ3) is 1.85. The molecule has 1 aliphatic heterocycles. The molecule has 1 rings (SSSR count). The van der Waals surface area contributed by atoms with Gasteiger partial charge in [-0.3, -0.25) is 0 Å². The second-order valence-corrected chi connectivity index (χ2v) is 4.65. The van der Waals surface area contributed by atoms with E-state index in [9.17, 15) is 4.55 Å². The molecule has 3 unspecified atom stereocenters. The largest absolute Gasteiger partial charge is 0.616 e. The average Bonchev–Trinajstić information content (AvgIpc) is 1.80. The molecule has 1 saturated heterocycles. The number of rotatable bonds is 0. The van der Waals surface area contributed by atoms with Gasteiger partial charge < -0.3 is 10.3 Å². The summed E-state index contributed by atoms with van der Waals surface area (Å²) in [5.41, 5.74) is 5.65. The molecule has 54 valence electrons. The second kappa shape index (κ2) is 2.90. The van der Waals surface area contributed by atoms with Crippen LogP contribution in [0.15, 0.2) is 0 Å². The molecule has 3 heteroatoms. The van der Waals surface area contributed by atoms with Crippen molar-refractivity contribution in [2.45, 2.75) is 31.1 Å². The van der Waals surface area contributed by atoms with E-state index in [1.807, 2.05) is 6.92 Å². The summed E-state index contributed by atoms with van der Waals surface area (Å²) in [5, 5.41) is 0.328. The third-order valence-electron chi connectivity index (χ3n) is 1.77. The van der Waals surface area contributed by atoms with Crippen LogP contribution in [0.4, 0.5) is 0 Å². The fourth-order valence-electron chi connectivity index (χ4n) is 1.12. The summed E-state index contributed by atoms with van der Waals surface area (Å²) in [6.07, 6.45) is 1.88. The van der Waals surface area contributed by atoms with E-state index >= 15 is 0 Å². The molecule has 2 nitrogen and oxygen atoms in total. The highest BCUT2D eigenvalue weighted by Gasteiger charge is 2.26. The smallest absolute Gasteiger partial charge is 0.114 e. The minimum atomic E-state index is -0.586. The molecule has 0 aromatic heterocycles. The number of nitrogens with two attached hydrogens (primary N) is 1. The minimum absolute atomic E-state index is 0.303. The lowest BCUT2D eigenvalue weighted by atomic mass is 10.1. The van der Waals surface area contributed by atoms with Crippen molar-refractivity contribution in [3.8, 4) is 0 Å². The molecule has 0 aliphatic carbocycles. The second-order valence-electron chi connectivity index (χ2n) is 2.68. The van der Waals surface area contributed by atoms with E-state index < -0.39 is 11.2 Å². The van der Waals surface area contributed by atoms with Crippen LogP contribution in [0.1, 0.15) is 19.8 Å². The first-order chi connectivity index (χ1) is 4.20. The third-order valence-corrected chi connectivity index (χ3v) is 3.50. The maximum absolute atomic E-state index is 11.0. The van der Waals surface area contributed by atoms with Crippen LogP contribution in [0.2, 0.25) is 0 Å². The lowest BCUT2D eigenvalue weighted by Gasteiger charge is -2.26. The average molecular weight is 147 g/mol. The van der Waals surface area contributed by atoms with Crippen molar-refractivity contribution < 1.29 is 4.55 Å². The Morgan fingerprint density at radius 3 is 2.78 bits per heavy atom. The fraction of sp³-hybridized carbons (Fsp3) is 1.00. The van der Waals surface area contributed by atoms with Crippen LogP contribution >= 0.6 is 0 Å². The highest BCUT2D eigenvalue weighted by molar-refractivity contribution is 7.92. The van der Waals surface area contributed by atoms with E-state index in [0.29, 0.717) is 11.3 Å². The first kappa shape index (κ1) is 7.38. The Labute approximate surface area is 59.0 Å². The van der Waals surface area contributed by atoms with Crippen LogP contribution in [0.25, 0.3) is 0 Å². The van der Waals surface area contributed by atoms with Crippen LogP contribution in [0.3, 0.4) is 0 Å². The van der Waals surface area contributed by atoms with Gasteiger partial charge in [-0.1, -0.05) is 11.2 Å². The van der Waals surface area contributed by atoms with Crippen molar-refractivity contribution in [1.82, 2.24) is 0 Å². The van der Waals surface area contributed by atoms with Gasteiger partial charge in [0, 0.05) is 18.9 Å². The predicted molar refractivity (Wildman–Crippen MR) is 39.7 cm³/mol. The van der Waals surface area contributed by atoms with Crippen molar-refractivity contribution >= 4 is 11.2 Å². The molecule has 0 radical (unpaired) electrons. The molecule has 1 aliphatic rings. The van der Waals surface area contributed by atoms with Crippen LogP contribution in [0, 0.1) is 0 Å². The normalized spacial score (nSPS) is 45.0. The predicted octanol–water partition coefficient (Wildman–Crippen LogP) is 0.245. The van der Waals surface area contributed by atoms with E-state index in [1.54, 1.807) is 0 Å². The molecule has 0 aromatic carbocycles. The van der Waals surface area contributed by atoms with E-state index in [0.717, 1.165) is 18.6 Å². The van der Waals surface area contributed by atoms with Gasteiger partial charge in [0.1, 0.15) is 11.0 Å². The highest BCUT2D eigenvalue weighted by Crippen LogP contribution is 2.17. The van der Waals surface area contributed by atoms with Gasteiger partial charge in [-0.15, -0.1) is 0 Å². The number of hydrogen-bond acceptors (Lipinski definition) is 2. The molecule has 0 amide bonds.